The van der Waals surface area contributed by atoms with Crippen molar-refractivity contribution >= 4 is 22.6 Å². The maximum absolute atomic E-state index is 5.96. The van der Waals surface area contributed by atoms with Crippen molar-refractivity contribution in [2.75, 3.05) is 18.5 Å². The van der Waals surface area contributed by atoms with E-state index >= 15 is 0 Å². The van der Waals surface area contributed by atoms with Gasteiger partial charge in [-0.3, -0.25) is 0 Å². The van der Waals surface area contributed by atoms with E-state index in [1.165, 1.54) is 0 Å². The van der Waals surface area contributed by atoms with E-state index in [0.717, 1.165) is 47.0 Å². The predicted octanol–water partition coefficient (Wildman–Crippen LogP) is 2.79. The molecule has 1 aliphatic heterocycles. The third-order valence-electron chi connectivity index (χ3n) is 5.79. The average molecular weight is 402 g/mol. The molecule has 0 saturated carbocycles. The summed E-state index contributed by atoms with van der Waals surface area (Å²) >= 11 is 0. The van der Waals surface area contributed by atoms with Crippen LogP contribution in [0.25, 0.3) is 28.2 Å². The fourth-order valence-electron chi connectivity index (χ4n) is 4.01. The topological polar surface area (TPSA) is 95.0 Å². The van der Waals surface area contributed by atoms with Crippen LogP contribution in [0.2, 0.25) is 0 Å². The number of imidazole rings is 1. The first-order valence-electron chi connectivity index (χ1n) is 10.2. The van der Waals surface area contributed by atoms with Gasteiger partial charge in [-0.1, -0.05) is 12.2 Å². The Bertz CT molecular complexity index is 1300. The minimum Gasteiger partial charge on any atom is -0.367 e. The summed E-state index contributed by atoms with van der Waals surface area (Å²) < 4.78 is 9.84. The summed E-state index contributed by atoms with van der Waals surface area (Å²) in [7, 11) is 0. The number of aromatic nitrogens is 7. The highest BCUT2D eigenvalue weighted by Gasteiger charge is 2.33. The summed E-state index contributed by atoms with van der Waals surface area (Å²) in [6, 6.07) is 1.86. The molecule has 1 atom stereocenters. The minimum absolute atomic E-state index is 0.470. The molecular weight excluding hydrogens is 380 g/mol. The molecule has 0 radical (unpaired) electrons. The lowest BCUT2D eigenvalue weighted by atomic mass is 9.95. The Hall–Kier alpha value is -3.33. The molecule has 6 rings (SSSR count). The van der Waals surface area contributed by atoms with Gasteiger partial charge in [-0.05, 0) is 26.2 Å². The van der Waals surface area contributed by atoms with Gasteiger partial charge in [0.25, 0.3) is 0 Å². The van der Waals surface area contributed by atoms with E-state index in [2.05, 4.69) is 32.1 Å². The molecule has 0 aromatic carbocycles. The Morgan fingerprint density at radius 1 is 1.27 bits per heavy atom. The van der Waals surface area contributed by atoms with Crippen molar-refractivity contribution in [2.24, 2.45) is 5.92 Å². The lowest BCUT2D eigenvalue weighted by Gasteiger charge is -2.30. The molecule has 0 fully saturated rings. The van der Waals surface area contributed by atoms with Gasteiger partial charge in [0.15, 0.2) is 28.5 Å². The number of allylic oxidation sites excluding steroid dienone is 1. The fraction of sp³-hybridized carbons (Fsp3) is 0.381. The maximum atomic E-state index is 5.96. The maximum Gasteiger partial charge on any atom is 0.167 e. The van der Waals surface area contributed by atoms with Crippen LogP contribution in [0.5, 0.6) is 0 Å². The first-order chi connectivity index (χ1) is 14.6. The van der Waals surface area contributed by atoms with E-state index in [1.807, 2.05) is 26.1 Å². The number of nitrogens with zero attached hydrogens (tertiary/aromatic N) is 7. The molecule has 1 aliphatic carbocycles. The number of hydrogen-bond acceptors (Lipinski definition) is 7. The van der Waals surface area contributed by atoms with E-state index in [1.54, 1.807) is 16.9 Å². The number of ether oxygens (including phenoxy) is 1. The Labute approximate surface area is 172 Å². The molecule has 2 aliphatic rings. The molecule has 0 bridgehead atoms. The van der Waals surface area contributed by atoms with E-state index in [9.17, 15) is 0 Å². The molecule has 9 nitrogen and oxygen atoms in total. The smallest absolute Gasteiger partial charge is 0.167 e. The molecule has 0 amide bonds. The summed E-state index contributed by atoms with van der Waals surface area (Å²) in [5.41, 5.74) is 2.72. The predicted molar refractivity (Wildman–Crippen MR) is 112 cm³/mol. The van der Waals surface area contributed by atoms with Gasteiger partial charge in [0.2, 0.25) is 0 Å². The second-order valence-electron chi connectivity index (χ2n) is 8.30. The van der Waals surface area contributed by atoms with E-state index in [0.29, 0.717) is 24.9 Å². The second-order valence-corrected chi connectivity index (χ2v) is 8.30. The van der Waals surface area contributed by atoms with E-state index in [-0.39, 0.29) is 0 Å². The van der Waals surface area contributed by atoms with Crippen LogP contribution in [0.4, 0.5) is 5.82 Å². The lowest BCUT2D eigenvalue weighted by Crippen LogP contribution is -2.33. The number of rotatable bonds is 4. The average Bonchev–Trinajstić information content (AvgIpc) is 3.31. The summed E-state index contributed by atoms with van der Waals surface area (Å²) in [5, 5.41) is 7.79. The monoisotopic (exact) mass is 402 g/mol. The van der Waals surface area contributed by atoms with Gasteiger partial charge in [-0.15, -0.1) is 0 Å². The van der Waals surface area contributed by atoms with Crippen LogP contribution in [0, 0.1) is 5.92 Å². The summed E-state index contributed by atoms with van der Waals surface area (Å²) in [6.45, 7) is 6.24. The highest BCUT2D eigenvalue weighted by Crippen LogP contribution is 2.34. The molecule has 9 heteroatoms. The van der Waals surface area contributed by atoms with Gasteiger partial charge in [0, 0.05) is 31.5 Å². The van der Waals surface area contributed by atoms with Gasteiger partial charge >= 0.3 is 0 Å². The molecule has 4 aromatic rings. The Morgan fingerprint density at radius 3 is 3.00 bits per heavy atom. The van der Waals surface area contributed by atoms with Gasteiger partial charge in [-0.25, -0.2) is 24.5 Å². The highest BCUT2D eigenvalue weighted by atomic mass is 16.5. The van der Waals surface area contributed by atoms with Crippen molar-refractivity contribution in [3.05, 3.63) is 42.6 Å². The molecule has 30 heavy (non-hydrogen) atoms. The SMILES string of the molecule is CC1(C)OCCn2c1nc1c(NCC3C=CC3)nc(-c3cnc4ccnn4c3)nc12. The van der Waals surface area contributed by atoms with E-state index < -0.39 is 5.60 Å². The summed E-state index contributed by atoms with van der Waals surface area (Å²) in [4.78, 5) is 19.1. The fourth-order valence-corrected chi connectivity index (χ4v) is 4.01. The second kappa shape index (κ2) is 6.33. The zero-order valence-electron chi connectivity index (χ0n) is 16.9. The molecular formula is C21H22N8O. The first kappa shape index (κ1) is 17.5. The van der Waals surface area contributed by atoms with Crippen molar-refractivity contribution < 1.29 is 4.74 Å². The quantitative estimate of drug-likeness (QED) is 0.525. The number of anilines is 1. The molecule has 1 unspecified atom stereocenters. The zero-order chi connectivity index (χ0) is 20.3. The zero-order valence-corrected chi connectivity index (χ0v) is 16.9. The lowest BCUT2D eigenvalue weighted by molar-refractivity contribution is -0.0530. The van der Waals surface area contributed by atoms with Crippen LogP contribution in [-0.2, 0) is 16.9 Å². The first-order valence-corrected chi connectivity index (χ1v) is 10.2. The van der Waals surface area contributed by atoms with E-state index in [4.69, 9.17) is 19.7 Å². The van der Waals surface area contributed by atoms with Gasteiger partial charge in [0.05, 0.1) is 18.4 Å². The van der Waals surface area contributed by atoms with Crippen LogP contribution in [0.3, 0.4) is 0 Å². The molecule has 5 heterocycles. The van der Waals surface area contributed by atoms with Crippen LogP contribution in [-0.4, -0.2) is 47.3 Å². The van der Waals surface area contributed by atoms with Gasteiger partial charge in [0.1, 0.15) is 11.4 Å². The highest BCUT2D eigenvalue weighted by molar-refractivity contribution is 5.86. The van der Waals surface area contributed by atoms with Gasteiger partial charge < -0.3 is 14.6 Å². The van der Waals surface area contributed by atoms with Crippen LogP contribution in [0.15, 0.2) is 36.8 Å². The standard InChI is InChI=1S/C21H22N8O/c1-21(2)20-25-16-18(23-10-13-4-3-5-13)26-17(27-19(16)28(20)8-9-30-21)14-11-22-15-6-7-24-29(15)12-14/h3-4,6-7,11-13H,5,8-10H2,1-2H3,(H,23,26,27). The van der Waals surface area contributed by atoms with Crippen LogP contribution in [0.1, 0.15) is 26.1 Å². The molecule has 4 aromatic heterocycles. The largest absolute Gasteiger partial charge is 0.367 e. The molecule has 0 spiro atoms. The third-order valence-corrected chi connectivity index (χ3v) is 5.79. The van der Waals surface area contributed by atoms with Crippen LogP contribution >= 0.6 is 0 Å². The number of hydrogen-bond donors (Lipinski definition) is 1. The number of fused-ring (bicyclic) bond motifs is 4. The van der Waals surface area contributed by atoms with Crippen LogP contribution < -0.4 is 5.32 Å². The van der Waals surface area contributed by atoms with Crippen molar-refractivity contribution in [3.63, 3.8) is 0 Å². The summed E-state index contributed by atoms with van der Waals surface area (Å²) in [5.74, 6) is 2.75. The van der Waals surface area contributed by atoms with Crippen molar-refractivity contribution in [1.29, 1.82) is 0 Å². The number of nitrogens with one attached hydrogen (secondary N) is 1. The summed E-state index contributed by atoms with van der Waals surface area (Å²) in [6.07, 6.45) is 10.9. The molecule has 1 N–H and O–H groups in total. The molecule has 152 valence electrons. The minimum atomic E-state index is -0.470. The Balaban J connectivity index is 1.53. The van der Waals surface area contributed by atoms with Gasteiger partial charge in [-0.2, -0.15) is 5.10 Å². The van der Waals surface area contributed by atoms with Crippen molar-refractivity contribution in [1.82, 2.24) is 34.1 Å². The Morgan fingerprint density at radius 2 is 2.17 bits per heavy atom. The third kappa shape index (κ3) is 2.69. The van der Waals surface area contributed by atoms with Crippen molar-refractivity contribution in [2.45, 2.75) is 32.4 Å². The Kier molecular flexibility index (Phi) is 3.70. The molecule has 0 saturated heterocycles. The normalized spacial score (nSPS) is 19.7. The van der Waals surface area contributed by atoms with Crippen molar-refractivity contribution in [3.8, 4) is 11.4 Å².